The van der Waals surface area contributed by atoms with E-state index in [4.69, 9.17) is 9.97 Å². The van der Waals surface area contributed by atoms with Crippen LogP contribution in [0.4, 0.5) is 0 Å². The maximum Gasteiger partial charge on any atom is 0.235 e. The second kappa shape index (κ2) is 7.89. The van der Waals surface area contributed by atoms with Crippen molar-refractivity contribution in [2.75, 3.05) is 0 Å². The quantitative estimate of drug-likeness (QED) is 0.282. The van der Waals surface area contributed by atoms with Crippen molar-refractivity contribution in [2.45, 2.75) is 0 Å². The van der Waals surface area contributed by atoms with E-state index in [0.717, 1.165) is 49.7 Å². The van der Waals surface area contributed by atoms with E-state index in [9.17, 15) is 0 Å². The lowest BCUT2D eigenvalue weighted by atomic mass is 10.1. The fourth-order valence-electron chi connectivity index (χ4n) is 4.81. The summed E-state index contributed by atoms with van der Waals surface area (Å²) in [5.41, 5.74) is 6.07. The van der Waals surface area contributed by atoms with E-state index in [0.29, 0.717) is 5.95 Å². The zero-order valence-corrected chi connectivity index (χ0v) is 18.8. The first-order valence-electron chi connectivity index (χ1n) is 11.6. The second-order valence-electron chi connectivity index (χ2n) is 8.62. The van der Waals surface area contributed by atoms with Crippen LogP contribution in [0.2, 0.25) is 0 Å². The third kappa shape index (κ3) is 3.27. The highest BCUT2D eigenvalue weighted by Crippen LogP contribution is 2.35. The first-order valence-corrected chi connectivity index (χ1v) is 11.6. The smallest absolute Gasteiger partial charge is 0.235 e. The van der Waals surface area contributed by atoms with Gasteiger partial charge in [-0.2, -0.15) is 0 Å². The molecule has 0 N–H and O–H groups in total. The van der Waals surface area contributed by atoms with Gasteiger partial charge in [-0.1, -0.05) is 78.9 Å². The molecule has 35 heavy (non-hydrogen) atoms. The van der Waals surface area contributed by atoms with Crippen molar-refractivity contribution in [2.24, 2.45) is 0 Å². The lowest BCUT2D eigenvalue weighted by Crippen LogP contribution is -2.04. The number of fused-ring (bicyclic) bond motifs is 4. The number of pyridine rings is 1. The number of hydrogen-bond acceptors (Lipinski definition) is 3. The van der Waals surface area contributed by atoms with Gasteiger partial charge in [0.1, 0.15) is 0 Å². The van der Waals surface area contributed by atoms with Crippen molar-refractivity contribution in [3.05, 3.63) is 122 Å². The molecule has 0 aliphatic carbocycles. The molecular weight excluding hydrogens is 428 g/mol. The largest absolute Gasteiger partial charge is 0.278 e. The topological polar surface area (TPSA) is 43.6 Å². The van der Waals surface area contributed by atoms with Gasteiger partial charge in [-0.3, -0.25) is 9.55 Å². The number of benzene rings is 4. The van der Waals surface area contributed by atoms with Gasteiger partial charge >= 0.3 is 0 Å². The molecule has 0 fully saturated rings. The first kappa shape index (κ1) is 19.6. The average Bonchev–Trinajstić information content (AvgIpc) is 3.26. The Morgan fingerprint density at radius 1 is 0.514 bits per heavy atom. The van der Waals surface area contributed by atoms with Crippen LogP contribution in [0.5, 0.6) is 0 Å². The van der Waals surface area contributed by atoms with Crippen molar-refractivity contribution in [3.63, 3.8) is 0 Å². The molecule has 0 atom stereocenters. The van der Waals surface area contributed by atoms with E-state index < -0.39 is 0 Å². The molecule has 0 saturated heterocycles. The van der Waals surface area contributed by atoms with Crippen LogP contribution in [0.3, 0.4) is 0 Å². The molecule has 0 aliphatic rings. The van der Waals surface area contributed by atoms with Gasteiger partial charge in [0, 0.05) is 39.7 Å². The zero-order valence-electron chi connectivity index (χ0n) is 18.8. The Labute approximate surface area is 202 Å². The monoisotopic (exact) mass is 448 g/mol. The molecule has 0 saturated carbocycles. The Kier molecular flexibility index (Phi) is 4.42. The molecule has 4 nitrogen and oxygen atoms in total. The van der Waals surface area contributed by atoms with Crippen LogP contribution in [0.25, 0.3) is 61.0 Å². The highest BCUT2D eigenvalue weighted by molar-refractivity contribution is 6.13. The fraction of sp³-hybridized carbons (Fsp3) is 0. The van der Waals surface area contributed by atoms with E-state index in [1.54, 1.807) is 0 Å². The van der Waals surface area contributed by atoms with Crippen molar-refractivity contribution in [1.82, 2.24) is 19.5 Å². The van der Waals surface area contributed by atoms with E-state index in [1.807, 2.05) is 54.9 Å². The molecule has 7 aromatic rings. The molecule has 0 radical (unpaired) electrons. The van der Waals surface area contributed by atoms with E-state index in [2.05, 4.69) is 76.3 Å². The molecule has 0 spiro atoms. The molecule has 3 heterocycles. The van der Waals surface area contributed by atoms with Gasteiger partial charge in [-0.05, 0) is 35.7 Å². The molecule has 3 aromatic heterocycles. The Morgan fingerprint density at radius 3 is 1.89 bits per heavy atom. The molecule has 0 aliphatic heterocycles. The van der Waals surface area contributed by atoms with Crippen LogP contribution in [0, 0.1) is 0 Å². The van der Waals surface area contributed by atoms with Crippen LogP contribution in [0.15, 0.2) is 122 Å². The molecule has 4 aromatic carbocycles. The number of hydrogen-bond donors (Lipinski definition) is 0. The normalized spacial score (nSPS) is 11.4. The van der Waals surface area contributed by atoms with Gasteiger partial charge in [-0.25, -0.2) is 9.97 Å². The Balaban J connectivity index is 1.59. The zero-order chi connectivity index (χ0) is 23.2. The lowest BCUT2D eigenvalue weighted by Gasteiger charge is -2.12. The highest BCUT2D eigenvalue weighted by atomic mass is 15.2. The number of nitrogens with zero attached hydrogens (tertiary/aromatic N) is 4. The standard InChI is InChI=1S/C31H20N4/c1-3-9-21(10-4-1)27-19-28(22-11-5-2-6-12-22)34-31(33-27)35-29-14-8-7-13-25(29)26-17-24-20-32-16-15-23(24)18-30(26)35/h1-20H. The van der Waals surface area contributed by atoms with Gasteiger partial charge in [-0.15, -0.1) is 0 Å². The lowest BCUT2D eigenvalue weighted by molar-refractivity contribution is 0.996. The SMILES string of the molecule is c1ccc(-c2cc(-c3ccccc3)nc(-n3c4ccccc4c4cc5cnccc5cc43)n2)cc1. The van der Waals surface area contributed by atoms with Crippen LogP contribution >= 0.6 is 0 Å². The minimum absolute atomic E-state index is 0.657. The van der Waals surface area contributed by atoms with E-state index in [1.165, 1.54) is 5.39 Å². The summed E-state index contributed by atoms with van der Waals surface area (Å²) in [6.07, 6.45) is 3.75. The second-order valence-corrected chi connectivity index (χ2v) is 8.62. The van der Waals surface area contributed by atoms with Gasteiger partial charge in [0.2, 0.25) is 5.95 Å². The van der Waals surface area contributed by atoms with Crippen molar-refractivity contribution in [3.8, 4) is 28.5 Å². The molecule has 0 amide bonds. The van der Waals surface area contributed by atoms with Crippen molar-refractivity contribution < 1.29 is 0 Å². The van der Waals surface area contributed by atoms with Gasteiger partial charge in [0.15, 0.2) is 0 Å². The van der Waals surface area contributed by atoms with Crippen LogP contribution in [-0.2, 0) is 0 Å². The average molecular weight is 449 g/mol. The van der Waals surface area contributed by atoms with Crippen molar-refractivity contribution >= 4 is 32.6 Å². The van der Waals surface area contributed by atoms with E-state index in [-0.39, 0.29) is 0 Å². The van der Waals surface area contributed by atoms with Crippen LogP contribution < -0.4 is 0 Å². The van der Waals surface area contributed by atoms with E-state index >= 15 is 0 Å². The Hall–Kier alpha value is -4.83. The maximum atomic E-state index is 5.09. The molecule has 0 unspecified atom stereocenters. The molecule has 0 bridgehead atoms. The molecule has 4 heteroatoms. The summed E-state index contributed by atoms with van der Waals surface area (Å²) >= 11 is 0. The van der Waals surface area contributed by atoms with Crippen molar-refractivity contribution in [1.29, 1.82) is 0 Å². The fourth-order valence-corrected chi connectivity index (χ4v) is 4.81. The number of aromatic nitrogens is 4. The molecule has 7 rings (SSSR count). The Bertz CT molecular complexity index is 1780. The third-order valence-electron chi connectivity index (χ3n) is 6.48. The van der Waals surface area contributed by atoms with Gasteiger partial charge < -0.3 is 0 Å². The van der Waals surface area contributed by atoms with Gasteiger partial charge in [0.05, 0.1) is 22.4 Å². The summed E-state index contributed by atoms with van der Waals surface area (Å²) in [5.74, 6) is 0.657. The maximum absolute atomic E-state index is 5.09. The van der Waals surface area contributed by atoms with Crippen LogP contribution in [0.1, 0.15) is 0 Å². The highest BCUT2D eigenvalue weighted by Gasteiger charge is 2.17. The van der Waals surface area contributed by atoms with Crippen LogP contribution in [-0.4, -0.2) is 19.5 Å². The summed E-state index contributed by atoms with van der Waals surface area (Å²) in [7, 11) is 0. The number of rotatable bonds is 3. The minimum Gasteiger partial charge on any atom is -0.278 e. The molecular formula is C31H20N4. The third-order valence-corrected chi connectivity index (χ3v) is 6.48. The predicted molar refractivity (Wildman–Crippen MR) is 143 cm³/mol. The first-order chi connectivity index (χ1) is 17.3. The number of para-hydroxylation sites is 1. The summed E-state index contributed by atoms with van der Waals surface area (Å²) in [4.78, 5) is 14.5. The minimum atomic E-state index is 0.657. The summed E-state index contributed by atoms with van der Waals surface area (Å²) in [6, 6.07) is 37.6. The molecule has 164 valence electrons. The summed E-state index contributed by atoms with van der Waals surface area (Å²) in [5, 5.41) is 4.59. The van der Waals surface area contributed by atoms with Gasteiger partial charge in [0.25, 0.3) is 0 Å². The predicted octanol–water partition coefficient (Wildman–Crippen LogP) is 7.46. The summed E-state index contributed by atoms with van der Waals surface area (Å²) < 4.78 is 2.18. The summed E-state index contributed by atoms with van der Waals surface area (Å²) in [6.45, 7) is 0. The Morgan fingerprint density at radius 2 is 1.17 bits per heavy atom.